The van der Waals surface area contributed by atoms with Crippen molar-refractivity contribution in [1.82, 2.24) is 0 Å². The van der Waals surface area contributed by atoms with E-state index in [0.29, 0.717) is 0 Å². The van der Waals surface area contributed by atoms with Crippen molar-refractivity contribution >= 4 is 28.4 Å². The molecule has 0 heterocycles. The summed E-state index contributed by atoms with van der Waals surface area (Å²) < 4.78 is 42.9. The fourth-order valence-electron chi connectivity index (χ4n) is 1.57. The van der Waals surface area contributed by atoms with Gasteiger partial charge in [0.05, 0.1) is 10.6 Å². The lowest BCUT2D eigenvalue weighted by atomic mass is 10.2. The lowest BCUT2D eigenvalue weighted by Gasteiger charge is -2.11. The number of hydrogen-bond donors (Lipinski definition) is 0. The van der Waals surface area contributed by atoms with Gasteiger partial charge in [-0.05, 0) is 48.0 Å². The van der Waals surface area contributed by atoms with Crippen molar-refractivity contribution < 1.29 is 22.7 Å². The molecule has 0 saturated carbocycles. The second kappa shape index (κ2) is 5.95. The number of alkyl halides is 3. The number of hydrogen-bond acceptors (Lipinski definition) is 2. The first-order valence-corrected chi connectivity index (χ1v) is 6.37. The quantitative estimate of drug-likeness (QED) is 0.690. The number of ether oxygens (including phenoxy) is 1. The van der Waals surface area contributed by atoms with Crippen LogP contribution in [-0.4, -0.2) is 5.24 Å². The molecule has 7 heteroatoms. The fraction of sp³-hybridized carbons (Fsp3) is 0.0714. The molecule has 0 aliphatic heterocycles. The zero-order chi connectivity index (χ0) is 15.6. The van der Waals surface area contributed by atoms with Crippen molar-refractivity contribution in [2.24, 2.45) is 0 Å². The van der Waals surface area contributed by atoms with Crippen LogP contribution in [0.2, 0.25) is 5.02 Å². The Morgan fingerprint density at radius 3 is 2.38 bits per heavy atom. The minimum absolute atomic E-state index is 0.0452. The molecule has 0 N–H and O–H groups in total. The number of halogens is 5. The van der Waals surface area contributed by atoms with Crippen LogP contribution in [0.25, 0.3) is 0 Å². The molecule has 0 bridgehead atoms. The lowest BCUT2D eigenvalue weighted by molar-refractivity contribution is -0.137. The van der Waals surface area contributed by atoms with Gasteiger partial charge in [0.15, 0.2) is 0 Å². The van der Waals surface area contributed by atoms with Gasteiger partial charge in [0.2, 0.25) is 0 Å². The van der Waals surface area contributed by atoms with E-state index >= 15 is 0 Å². The lowest BCUT2D eigenvalue weighted by Crippen LogP contribution is -2.04. The Morgan fingerprint density at radius 1 is 1.10 bits per heavy atom. The SMILES string of the molecule is O=C(Cl)c1cccc(Oc2ccc(C(F)(F)F)cc2Cl)c1. The Hall–Kier alpha value is -1.72. The zero-order valence-corrected chi connectivity index (χ0v) is 11.8. The zero-order valence-electron chi connectivity index (χ0n) is 10.2. The Bertz CT molecular complexity index is 684. The molecule has 0 aliphatic rings. The Labute approximate surface area is 128 Å². The van der Waals surface area contributed by atoms with Crippen molar-refractivity contribution in [3.8, 4) is 11.5 Å². The van der Waals surface area contributed by atoms with E-state index in [-0.39, 0.29) is 22.1 Å². The predicted octanol–water partition coefficient (Wildman–Crippen LogP) is 5.53. The van der Waals surface area contributed by atoms with E-state index in [0.717, 1.165) is 18.2 Å². The molecule has 0 fully saturated rings. The second-order valence-corrected chi connectivity index (χ2v) is 4.80. The molecule has 0 saturated heterocycles. The fourth-order valence-corrected chi connectivity index (χ4v) is 1.91. The highest BCUT2D eigenvalue weighted by atomic mass is 35.5. The molecule has 2 aromatic rings. The van der Waals surface area contributed by atoms with Crippen LogP contribution in [-0.2, 0) is 6.18 Å². The topological polar surface area (TPSA) is 26.3 Å². The van der Waals surface area contributed by atoms with E-state index in [1.54, 1.807) is 0 Å². The monoisotopic (exact) mass is 334 g/mol. The first-order chi connectivity index (χ1) is 9.77. The van der Waals surface area contributed by atoms with E-state index in [1.165, 1.54) is 24.3 Å². The van der Waals surface area contributed by atoms with Gasteiger partial charge in [-0.2, -0.15) is 13.2 Å². The smallest absolute Gasteiger partial charge is 0.416 e. The summed E-state index contributed by atoms with van der Waals surface area (Å²) in [7, 11) is 0. The number of benzene rings is 2. The van der Waals surface area contributed by atoms with E-state index in [2.05, 4.69) is 0 Å². The van der Waals surface area contributed by atoms with Crippen LogP contribution < -0.4 is 4.74 Å². The highest BCUT2D eigenvalue weighted by Gasteiger charge is 2.31. The summed E-state index contributed by atoms with van der Waals surface area (Å²) in [4.78, 5) is 11.0. The highest BCUT2D eigenvalue weighted by Crippen LogP contribution is 2.36. The Kier molecular flexibility index (Phi) is 4.44. The molecule has 2 nitrogen and oxygen atoms in total. The number of carbonyl (C=O) groups is 1. The summed E-state index contributed by atoms with van der Waals surface area (Å²) in [5.41, 5.74) is -0.665. The molecule has 0 atom stereocenters. The summed E-state index contributed by atoms with van der Waals surface area (Å²) in [6, 6.07) is 8.64. The Balaban J connectivity index is 2.28. The van der Waals surface area contributed by atoms with Crippen molar-refractivity contribution in [2.75, 3.05) is 0 Å². The van der Waals surface area contributed by atoms with Gasteiger partial charge < -0.3 is 4.74 Å². The van der Waals surface area contributed by atoms with Gasteiger partial charge in [-0.1, -0.05) is 17.7 Å². The van der Waals surface area contributed by atoms with Gasteiger partial charge in [0.1, 0.15) is 11.5 Å². The maximum Gasteiger partial charge on any atom is 0.416 e. The predicted molar refractivity (Wildman–Crippen MR) is 73.2 cm³/mol. The summed E-state index contributed by atoms with van der Waals surface area (Å²) in [5.74, 6) is 0.284. The normalized spacial score (nSPS) is 11.3. The average Bonchev–Trinajstić information content (AvgIpc) is 2.40. The molecule has 0 amide bonds. The van der Waals surface area contributed by atoms with Crippen molar-refractivity contribution in [3.05, 3.63) is 58.6 Å². The van der Waals surface area contributed by atoms with Crippen molar-refractivity contribution in [3.63, 3.8) is 0 Å². The van der Waals surface area contributed by atoms with Gasteiger partial charge in [-0.15, -0.1) is 0 Å². The van der Waals surface area contributed by atoms with E-state index < -0.39 is 17.0 Å². The average molecular weight is 335 g/mol. The van der Waals surface area contributed by atoms with Crippen molar-refractivity contribution in [2.45, 2.75) is 6.18 Å². The third-order valence-electron chi connectivity index (χ3n) is 2.55. The van der Waals surface area contributed by atoms with Crippen LogP contribution in [0.4, 0.5) is 13.2 Å². The van der Waals surface area contributed by atoms with E-state index in [1.807, 2.05) is 0 Å². The minimum atomic E-state index is -4.48. The number of rotatable bonds is 3. The highest BCUT2D eigenvalue weighted by molar-refractivity contribution is 6.67. The molecule has 21 heavy (non-hydrogen) atoms. The third kappa shape index (κ3) is 3.89. The Morgan fingerprint density at radius 2 is 1.81 bits per heavy atom. The van der Waals surface area contributed by atoms with Crippen LogP contribution >= 0.6 is 23.2 Å². The molecule has 0 aromatic heterocycles. The van der Waals surface area contributed by atoms with Crippen LogP contribution in [0, 0.1) is 0 Å². The van der Waals surface area contributed by atoms with Crippen molar-refractivity contribution in [1.29, 1.82) is 0 Å². The van der Waals surface area contributed by atoms with Crippen LogP contribution in [0.15, 0.2) is 42.5 Å². The summed E-state index contributed by atoms with van der Waals surface area (Å²) in [6.45, 7) is 0. The maximum absolute atomic E-state index is 12.5. The van der Waals surface area contributed by atoms with Gasteiger partial charge >= 0.3 is 6.18 Å². The molecule has 2 aromatic carbocycles. The number of carbonyl (C=O) groups excluding carboxylic acids is 1. The maximum atomic E-state index is 12.5. The molecule has 0 spiro atoms. The van der Waals surface area contributed by atoms with Gasteiger partial charge in [0, 0.05) is 5.56 Å². The summed E-state index contributed by atoms with van der Waals surface area (Å²) >= 11 is 11.1. The molecule has 0 unspecified atom stereocenters. The van der Waals surface area contributed by atoms with Crippen LogP contribution in [0.3, 0.4) is 0 Å². The molecule has 0 radical (unpaired) electrons. The standard InChI is InChI=1S/C14H7Cl2F3O2/c15-11-7-9(14(17,18)19)4-5-12(11)21-10-3-1-2-8(6-10)13(16)20/h1-7H. The van der Waals surface area contributed by atoms with E-state index in [4.69, 9.17) is 27.9 Å². The molecular weight excluding hydrogens is 328 g/mol. The van der Waals surface area contributed by atoms with Crippen LogP contribution in [0.5, 0.6) is 11.5 Å². The van der Waals surface area contributed by atoms with Gasteiger partial charge in [-0.3, -0.25) is 4.79 Å². The van der Waals surface area contributed by atoms with Gasteiger partial charge in [-0.25, -0.2) is 0 Å². The molecule has 2 rings (SSSR count). The molecule has 0 aliphatic carbocycles. The van der Waals surface area contributed by atoms with E-state index in [9.17, 15) is 18.0 Å². The molecule has 110 valence electrons. The first-order valence-electron chi connectivity index (χ1n) is 5.62. The third-order valence-corrected chi connectivity index (χ3v) is 3.06. The molecular formula is C14H7Cl2F3O2. The van der Waals surface area contributed by atoms with Crippen LogP contribution in [0.1, 0.15) is 15.9 Å². The first kappa shape index (κ1) is 15.7. The largest absolute Gasteiger partial charge is 0.456 e. The summed E-state index contributed by atoms with van der Waals surface area (Å²) in [6.07, 6.45) is -4.48. The van der Waals surface area contributed by atoms with Gasteiger partial charge in [0.25, 0.3) is 5.24 Å². The minimum Gasteiger partial charge on any atom is -0.456 e. The second-order valence-electron chi connectivity index (χ2n) is 4.05. The summed E-state index contributed by atoms with van der Waals surface area (Å²) in [5, 5.41) is -0.855.